The molecule has 1 atom stereocenters. The number of ketones is 1. The second-order valence-electron chi connectivity index (χ2n) is 9.07. The molecule has 0 bridgehead atoms. The lowest BCUT2D eigenvalue weighted by molar-refractivity contribution is -0.132. The van der Waals surface area contributed by atoms with Gasteiger partial charge in [0.2, 0.25) is 0 Å². The van der Waals surface area contributed by atoms with Crippen LogP contribution >= 0.6 is 0 Å². The van der Waals surface area contributed by atoms with Gasteiger partial charge in [-0.3, -0.25) is 14.5 Å². The largest absolute Gasteiger partial charge is 0.507 e. The summed E-state index contributed by atoms with van der Waals surface area (Å²) in [6.45, 7) is 3.21. The number of aliphatic hydroxyl groups excluding tert-OH is 1. The molecule has 1 fully saturated rings. The molecule has 1 N–H and O–H groups in total. The Kier molecular flexibility index (Phi) is 6.86. The number of benzene rings is 3. The highest BCUT2D eigenvalue weighted by Gasteiger charge is 2.47. The molecule has 1 unspecified atom stereocenters. The van der Waals surface area contributed by atoms with Gasteiger partial charge in [-0.25, -0.2) is 0 Å². The van der Waals surface area contributed by atoms with Gasteiger partial charge < -0.3 is 19.3 Å². The van der Waals surface area contributed by atoms with E-state index in [-0.39, 0.29) is 11.3 Å². The number of aliphatic hydroxyl groups is 1. The standard InChI is InChI=1S/C30H29NO6/c1-3-14-36-24-11-4-7-20(17-24)27-26(28(32)21-12-13-25-19(16-21)8-6-15-37-25)29(33)30(34)31(27)22-9-5-10-23(18-22)35-2/h4-5,7,9-13,16-18,27,32H,3,6,8,14-15H2,1-2H3/b28-26-. The number of carbonyl (C=O) groups is 2. The topological polar surface area (TPSA) is 85.3 Å². The Labute approximate surface area is 215 Å². The van der Waals surface area contributed by atoms with Gasteiger partial charge in [0.15, 0.2) is 0 Å². The second-order valence-corrected chi connectivity index (χ2v) is 9.07. The Morgan fingerprint density at radius 1 is 1.05 bits per heavy atom. The van der Waals surface area contributed by atoms with Crippen LogP contribution < -0.4 is 19.1 Å². The van der Waals surface area contributed by atoms with Crippen molar-refractivity contribution in [3.8, 4) is 17.2 Å². The van der Waals surface area contributed by atoms with Crippen molar-refractivity contribution in [3.05, 3.63) is 89.0 Å². The van der Waals surface area contributed by atoms with E-state index in [4.69, 9.17) is 14.2 Å². The molecule has 37 heavy (non-hydrogen) atoms. The van der Waals surface area contributed by atoms with Crippen molar-refractivity contribution in [2.24, 2.45) is 0 Å². The van der Waals surface area contributed by atoms with Crippen LogP contribution in [0.25, 0.3) is 5.76 Å². The fraction of sp³-hybridized carbons (Fsp3) is 0.267. The van der Waals surface area contributed by atoms with Crippen LogP contribution in [0.5, 0.6) is 17.2 Å². The third-order valence-corrected chi connectivity index (χ3v) is 6.60. The highest BCUT2D eigenvalue weighted by Crippen LogP contribution is 2.44. The predicted octanol–water partition coefficient (Wildman–Crippen LogP) is 5.44. The van der Waals surface area contributed by atoms with Crippen LogP contribution in [0.2, 0.25) is 0 Å². The molecular formula is C30H29NO6. The summed E-state index contributed by atoms with van der Waals surface area (Å²) in [5.74, 6) is 0.258. The van der Waals surface area contributed by atoms with Gasteiger partial charge in [-0.05, 0) is 72.9 Å². The molecule has 0 saturated carbocycles. The molecule has 3 aromatic carbocycles. The fourth-order valence-corrected chi connectivity index (χ4v) is 4.83. The summed E-state index contributed by atoms with van der Waals surface area (Å²) in [7, 11) is 1.54. The van der Waals surface area contributed by atoms with Crippen molar-refractivity contribution in [2.45, 2.75) is 32.2 Å². The van der Waals surface area contributed by atoms with Crippen LogP contribution in [-0.2, 0) is 16.0 Å². The van der Waals surface area contributed by atoms with Crippen molar-refractivity contribution in [3.63, 3.8) is 0 Å². The van der Waals surface area contributed by atoms with Gasteiger partial charge in [-0.1, -0.05) is 25.1 Å². The van der Waals surface area contributed by atoms with Gasteiger partial charge >= 0.3 is 0 Å². The summed E-state index contributed by atoms with van der Waals surface area (Å²) in [5.41, 5.74) is 2.60. The molecule has 7 heteroatoms. The van der Waals surface area contributed by atoms with E-state index in [1.54, 1.807) is 43.5 Å². The molecule has 0 aliphatic carbocycles. The van der Waals surface area contributed by atoms with Crippen LogP contribution in [0.4, 0.5) is 5.69 Å². The van der Waals surface area contributed by atoms with E-state index in [0.29, 0.717) is 41.5 Å². The van der Waals surface area contributed by atoms with E-state index in [2.05, 4.69) is 0 Å². The van der Waals surface area contributed by atoms with E-state index in [0.717, 1.165) is 30.6 Å². The summed E-state index contributed by atoms with van der Waals surface area (Å²) in [6.07, 6.45) is 2.53. The molecule has 1 saturated heterocycles. The molecule has 0 spiro atoms. The minimum atomic E-state index is -0.857. The first-order chi connectivity index (χ1) is 18.0. The summed E-state index contributed by atoms with van der Waals surface area (Å²) < 4.78 is 16.9. The van der Waals surface area contributed by atoms with Gasteiger partial charge in [0.25, 0.3) is 11.7 Å². The first-order valence-corrected chi connectivity index (χ1v) is 12.5. The lowest BCUT2D eigenvalue weighted by Crippen LogP contribution is -2.29. The number of Topliss-reactive ketones (excluding diaryl/α,β-unsaturated/α-hetero) is 1. The van der Waals surface area contributed by atoms with E-state index in [1.807, 2.05) is 37.3 Å². The van der Waals surface area contributed by atoms with Crippen LogP contribution in [-0.4, -0.2) is 37.1 Å². The summed E-state index contributed by atoms with van der Waals surface area (Å²) >= 11 is 0. The zero-order valence-electron chi connectivity index (χ0n) is 20.9. The molecule has 1 amide bonds. The Balaban J connectivity index is 1.67. The molecule has 0 radical (unpaired) electrons. The van der Waals surface area contributed by atoms with Gasteiger partial charge in [-0.2, -0.15) is 0 Å². The lowest BCUT2D eigenvalue weighted by atomic mass is 9.93. The number of amides is 1. The maximum atomic E-state index is 13.5. The van der Waals surface area contributed by atoms with E-state index in [9.17, 15) is 14.7 Å². The zero-order chi connectivity index (χ0) is 25.9. The molecule has 5 rings (SSSR count). The van der Waals surface area contributed by atoms with E-state index < -0.39 is 17.7 Å². The minimum absolute atomic E-state index is 0.0251. The zero-order valence-corrected chi connectivity index (χ0v) is 20.9. The Hall–Kier alpha value is -4.26. The number of hydrogen-bond acceptors (Lipinski definition) is 6. The molecule has 190 valence electrons. The highest BCUT2D eigenvalue weighted by atomic mass is 16.5. The maximum Gasteiger partial charge on any atom is 0.300 e. The number of anilines is 1. The van der Waals surface area contributed by atoms with Gasteiger partial charge in [0.05, 0.1) is 31.9 Å². The summed E-state index contributed by atoms with van der Waals surface area (Å²) in [6, 6.07) is 18.8. The number of fused-ring (bicyclic) bond motifs is 1. The number of nitrogens with zero attached hydrogens (tertiary/aromatic N) is 1. The molecule has 0 aromatic heterocycles. The Morgan fingerprint density at radius 2 is 1.86 bits per heavy atom. The van der Waals surface area contributed by atoms with Gasteiger partial charge in [-0.15, -0.1) is 0 Å². The predicted molar refractivity (Wildman–Crippen MR) is 140 cm³/mol. The summed E-state index contributed by atoms with van der Waals surface area (Å²) in [5, 5.41) is 11.5. The number of rotatable bonds is 7. The molecule has 2 aliphatic rings. The van der Waals surface area contributed by atoms with Crippen molar-refractivity contribution in [1.29, 1.82) is 0 Å². The Morgan fingerprint density at radius 3 is 2.68 bits per heavy atom. The number of aryl methyl sites for hydroxylation is 1. The molecule has 3 aromatic rings. The number of methoxy groups -OCH3 is 1. The highest BCUT2D eigenvalue weighted by molar-refractivity contribution is 6.51. The molecule has 7 nitrogen and oxygen atoms in total. The number of carbonyl (C=O) groups excluding carboxylic acids is 2. The van der Waals surface area contributed by atoms with Crippen molar-refractivity contribution in [2.75, 3.05) is 25.2 Å². The second kappa shape index (κ2) is 10.4. The van der Waals surface area contributed by atoms with E-state index in [1.165, 1.54) is 4.90 Å². The maximum absolute atomic E-state index is 13.5. The Bertz CT molecular complexity index is 1380. The SMILES string of the molecule is CCCOc1cccc(C2/C(=C(/O)c3ccc4c(c3)CCCO4)C(=O)C(=O)N2c2cccc(OC)c2)c1. The molecular weight excluding hydrogens is 470 g/mol. The van der Waals surface area contributed by atoms with Crippen molar-refractivity contribution >= 4 is 23.1 Å². The van der Waals surface area contributed by atoms with Gasteiger partial charge in [0.1, 0.15) is 23.0 Å². The van der Waals surface area contributed by atoms with Crippen molar-refractivity contribution in [1.82, 2.24) is 0 Å². The third kappa shape index (κ3) is 4.65. The molecule has 2 heterocycles. The first kappa shape index (κ1) is 24.4. The fourth-order valence-electron chi connectivity index (χ4n) is 4.83. The number of hydrogen-bond donors (Lipinski definition) is 1. The smallest absolute Gasteiger partial charge is 0.300 e. The van der Waals surface area contributed by atoms with Crippen LogP contribution in [0, 0.1) is 0 Å². The normalized spacial score (nSPS) is 18.3. The average molecular weight is 500 g/mol. The van der Waals surface area contributed by atoms with Crippen LogP contribution in [0.3, 0.4) is 0 Å². The third-order valence-electron chi connectivity index (χ3n) is 6.60. The van der Waals surface area contributed by atoms with E-state index >= 15 is 0 Å². The van der Waals surface area contributed by atoms with Gasteiger partial charge in [0, 0.05) is 17.3 Å². The molecule has 2 aliphatic heterocycles. The van der Waals surface area contributed by atoms with Crippen LogP contribution in [0.15, 0.2) is 72.3 Å². The summed E-state index contributed by atoms with van der Waals surface area (Å²) in [4.78, 5) is 28.4. The lowest BCUT2D eigenvalue weighted by Gasteiger charge is -2.26. The van der Waals surface area contributed by atoms with Crippen molar-refractivity contribution < 1.29 is 28.9 Å². The first-order valence-electron chi connectivity index (χ1n) is 12.5. The quantitative estimate of drug-likeness (QED) is 0.265. The average Bonchev–Trinajstić information content (AvgIpc) is 3.21. The number of ether oxygens (including phenoxy) is 3. The monoisotopic (exact) mass is 499 g/mol. The minimum Gasteiger partial charge on any atom is -0.507 e. The van der Waals surface area contributed by atoms with Crippen LogP contribution in [0.1, 0.15) is 42.5 Å².